The number of hydrogen-bond donors (Lipinski definition) is 0. The van der Waals surface area contributed by atoms with Crippen LogP contribution in [0, 0.1) is 17.5 Å². The minimum Gasteiger partial charge on any atom is -0.207 e. The van der Waals surface area contributed by atoms with E-state index in [0.29, 0.717) is 16.7 Å². The molecule has 116 valence electrons. The maximum atomic E-state index is 13.7. The molecule has 0 aromatic heterocycles. The fraction of sp³-hybridized carbons (Fsp3) is 0.0526. The zero-order chi connectivity index (χ0) is 16.4. The van der Waals surface area contributed by atoms with Gasteiger partial charge >= 0.3 is 0 Å². The quantitative estimate of drug-likeness (QED) is 0.430. The summed E-state index contributed by atoms with van der Waals surface area (Å²) in [4.78, 5) is -1.40. The van der Waals surface area contributed by atoms with Crippen molar-refractivity contribution in [3.8, 4) is 0 Å². The molecule has 0 aliphatic rings. The van der Waals surface area contributed by atoms with Crippen molar-refractivity contribution in [3.63, 3.8) is 0 Å². The Hall–Kier alpha value is -2.26. The van der Waals surface area contributed by atoms with Gasteiger partial charge in [-0.2, -0.15) is 0 Å². The molecule has 0 fully saturated rings. The minimum atomic E-state index is -1.40. The van der Waals surface area contributed by atoms with Gasteiger partial charge < -0.3 is 0 Å². The molecule has 3 rings (SSSR count). The average molecular weight is 333 g/mol. The number of rotatable bonds is 3. The monoisotopic (exact) mass is 332 g/mol. The molecule has 0 aliphatic heterocycles. The van der Waals surface area contributed by atoms with Crippen LogP contribution < -0.4 is 0 Å². The lowest BCUT2D eigenvalue weighted by atomic mass is 9.84. The number of benzene rings is 3. The normalized spacial score (nSPS) is 11.5. The summed E-state index contributed by atoms with van der Waals surface area (Å²) in [5, 5.41) is 0. The van der Waals surface area contributed by atoms with Gasteiger partial charge in [0.15, 0.2) is 0 Å². The lowest BCUT2D eigenvalue weighted by molar-refractivity contribution is 0.615. The van der Waals surface area contributed by atoms with Crippen molar-refractivity contribution in [2.75, 3.05) is 0 Å². The Kier molecular flexibility index (Phi) is 4.14. The molecule has 0 unspecified atom stereocenters. The zero-order valence-electron chi connectivity index (χ0n) is 11.9. The summed E-state index contributed by atoms with van der Waals surface area (Å²) in [7, 11) is 0. The number of hydrogen-bond acceptors (Lipinski definition) is 0. The van der Waals surface area contributed by atoms with Crippen LogP contribution in [0.4, 0.5) is 13.2 Å². The summed E-state index contributed by atoms with van der Waals surface area (Å²) in [6, 6.07) is 17.1. The molecule has 0 aliphatic carbocycles. The summed E-state index contributed by atoms with van der Waals surface area (Å²) in [5.41, 5.74) is 1.20. The summed E-state index contributed by atoms with van der Waals surface area (Å²) >= 11 is 6.83. The summed E-state index contributed by atoms with van der Waals surface area (Å²) in [6.07, 6.45) is 0. The molecule has 0 bridgehead atoms. The van der Waals surface area contributed by atoms with E-state index >= 15 is 0 Å². The van der Waals surface area contributed by atoms with Crippen molar-refractivity contribution in [1.82, 2.24) is 0 Å². The lowest BCUT2D eigenvalue weighted by Gasteiger charge is -2.29. The van der Waals surface area contributed by atoms with Gasteiger partial charge in [-0.3, -0.25) is 0 Å². The minimum absolute atomic E-state index is 0.398. The third-order valence-corrected chi connectivity index (χ3v) is 4.32. The van der Waals surface area contributed by atoms with Crippen molar-refractivity contribution in [2.24, 2.45) is 0 Å². The van der Waals surface area contributed by atoms with E-state index in [1.807, 2.05) is 0 Å². The Morgan fingerprint density at radius 2 is 0.870 bits per heavy atom. The summed E-state index contributed by atoms with van der Waals surface area (Å²) < 4.78 is 41.0. The van der Waals surface area contributed by atoms with Crippen LogP contribution in [-0.2, 0) is 4.87 Å². The first kappa shape index (κ1) is 15.6. The van der Waals surface area contributed by atoms with Crippen molar-refractivity contribution >= 4 is 11.6 Å². The second-order valence-corrected chi connectivity index (χ2v) is 5.76. The van der Waals surface area contributed by atoms with Crippen LogP contribution in [0.25, 0.3) is 0 Å². The van der Waals surface area contributed by atoms with Gasteiger partial charge in [0, 0.05) is 0 Å². The molecule has 0 spiro atoms. The second kappa shape index (κ2) is 6.09. The van der Waals surface area contributed by atoms with E-state index < -0.39 is 22.3 Å². The maximum absolute atomic E-state index is 13.7. The molecule has 0 radical (unpaired) electrons. The summed E-state index contributed by atoms with van der Waals surface area (Å²) in [6.45, 7) is 0. The highest BCUT2D eigenvalue weighted by atomic mass is 35.5. The Bertz CT molecular complexity index is 734. The van der Waals surface area contributed by atoms with Gasteiger partial charge in [0.25, 0.3) is 0 Å². The smallest absolute Gasteiger partial charge is 0.123 e. The SMILES string of the molecule is Fc1cccc(C(Cl)(c2cccc(F)c2)c2cccc(F)c2)c1. The van der Waals surface area contributed by atoms with Gasteiger partial charge in [-0.25, -0.2) is 13.2 Å². The molecular formula is C19H12ClF3. The van der Waals surface area contributed by atoms with Crippen LogP contribution in [0.3, 0.4) is 0 Å². The predicted octanol–water partition coefficient (Wildman–Crippen LogP) is 5.63. The average Bonchev–Trinajstić information content (AvgIpc) is 2.54. The predicted molar refractivity (Wildman–Crippen MR) is 84.9 cm³/mol. The van der Waals surface area contributed by atoms with E-state index in [9.17, 15) is 13.2 Å². The molecule has 3 aromatic rings. The van der Waals surface area contributed by atoms with Crippen molar-refractivity contribution in [3.05, 3.63) is 107 Å². The van der Waals surface area contributed by atoms with Crippen LogP contribution >= 0.6 is 11.6 Å². The molecular weight excluding hydrogens is 321 g/mol. The molecule has 3 aromatic carbocycles. The zero-order valence-corrected chi connectivity index (χ0v) is 12.7. The Labute approximate surface area is 137 Å². The van der Waals surface area contributed by atoms with Gasteiger partial charge in [0.2, 0.25) is 0 Å². The molecule has 0 saturated carbocycles. The summed E-state index contributed by atoms with van der Waals surface area (Å²) in [5.74, 6) is -1.42. The van der Waals surface area contributed by atoms with E-state index in [1.54, 1.807) is 18.2 Å². The molecule has 0 amide bonds. The molecule has 23 heavy (non-hydrogen) atoms. The van der Waals surface area contributed by atoms with Gasteiger partial charge in [0.05, 0.1) is 0 Å². The van der Waals surface area contributed by atoms with E-state index in [-0.39, 0.29) is 0 Å². The highest BCUT2D eigenvalue weighted by Crippen LogP contribution is 2.43. The van der Waals surface area contributed by atoms with Crippen LogP contribution in [0.5, 0.6) is 0 Å². The maximum Gasteiger partial charge on any atom is 0.123 e. The van der Waals surface area contributed by atoms with Crippen LogP contribution in [0.1, 0.15) is 16.7 Å². The first-order valence-electron chi connectivity index (χ1n) is 6.97. The fourth-order valence-electron chi connectivity index (χ4n) is 2.61. The fourth-order valence-corrected chi connectivity index (χ4v) is 2.96. The lowest BCUT2D eigenvalue weighted by Crippen LogP contribution is -2.23. The molecule has 0 nitrogen and oxygen atoms in total. The largest absolute Gasteiger partial charge is 0.207 e. The number of halogens is 4. The topological polar surface area (TPSA) is 0 Å². The van der Waals surface area contributed by atoms with Crippen molar-refractivity contribution < 1.29 is 13.2 Å². The third kappa shape index (κ3) is 2.97. The van der Waals surface area contributed by atoms with E-state index in [4.69, 9.17) is 11.6 Å². The standard InChI is InChI=1S/C19H12ClF3/c20-19(13-4-1-7-16(21)10-13,14-5-2-8-17(22)11-14)15-6-3-9-18(23)12-15/h1-12H. The first-order chi connectivity index (χ1) is 11.0. The Morgan fingerprint density at radius 1 is 0.565 bits per heavy atom. The van der Waals surface area contributed by atoms with E-state index in [0.717, 1.165) is 0 Å². The van der Waals surface area contributed by atoms with Gasteiger partial charge in [0.1, 0.15) is 22.3 Å². The highest BCUT2D eigenvalue weighted by Gasteiger charge is 2.35. The molecule has 0 saturated heterocycles. The van der Waals surface area contributed by atoms with Crippen molar-refractivity contribution in [2.45, 2.75) is 4.87 Å². The Morgan fingerprint density at radius 3 is 1.13 bits per heavy atom. The molecule has 0 N–H and O–H groups in total. The third-order valence-electron chi connectivity index (χ3n) is 3.67. The Balaban J connectivity index is 2.29. The first-order valence-corrected chi connectivity index (χ1v) is 7.35. The molecule has 0 atom stereocenters. The van der Waals surface area contributed by atoms with Crippen LogP contribution in [0.2, 0.25) is 0 Å². The van der Waals surface area contributed by atoms with Gasteiger partial charge in [-0.05, 0) is 53.1 Å². The molecule has 0 heterocycles. The van der Waals surface area contributed by atoms with E-state index in [1.165, 1.54) is 54.6 Å². The van der Waals surface area contributed by atoms with Crippen LogP contribution in [-0.4, -0.2) is 0 Å². The van der Waals surface area contributed by atoms with E-state index in [2.05, 4.69) is 0 Å². The van der Waals surface area contributed by atoms with Crippen molar-refractivity contribution in [1.29, 1.82) is 0 Å². The second-order valence-electron chi connectivity index (χ2n) is 5.19. The van der Waals surface area contributed by atoms with Gasteiger partial charge in [-0.1, -0.05) is 36.4 Å². The highest BCUT2D eigenvalue weighted by molar-refractivity contribution is 6.28. The van der Waals surface area contributed by atoms with Crippen LogP contribution in [0.15, 0.2) is 72.8 Å². The van der Waals surface area contributed by atoms with Gasteiger partial charge in [-0.15, -0.1) is 11.6 Å². The number of alkyl halides is 1. The molecule has 4 heteroatoms.